The van der Waals surface area contributed by atoms with Crippen molar-refractivity contribution >= 4 is 23.8 Å². The second-order valence-electron chi connectivity index (χ2n) is 6.67. The number of rotatable bonds is 4. The minimum atomic E-state index is -1.35. The molecule has 0 aromatic heterocycles. The van der Waals surface area contributed by atoms with E-state index in [1.165, 1.54) is 18.7 Å². The maximum Gasteiger partial charge on any atom is 0.408 e. The van der Waals surface area contributed by atoms with Gasteiger partial charge >= 0.3 is 12.1 Å². The summed E-state index contributed by atoms with van der Waals surface area (Å²) in [6.45, 7) is 12.7. The molecule has 0 aromatic carbocycles. The molecule has 6 heteroatoms. The molecule has 0 bridgehead atoms. The van der Waals surface area contributed by atoms with Crippen LogP contribution < -0.4 is 5.32 Å². The van der Waals surface area contributed by atoms with Crippen molar-refractivity contribution in [2.24, 2.45) is 0 Å². The molecule has 0 radical (unpaired) electrons. The Labute approximate surface area is 119 Å². The largest absolute Gasteiger partial charge is 0.479 e. The molecule has 1 atom stereocenters. The highest BCUT2D eigenvalue weighted by molar-refractivity contribution is 8.00. The Morgan fingerprint density at radius 1 is 1.11 bits per heavy atom. The van der Waals surface area contributed by atoms with Gasteiger partial charge in [-0.3, -0.25) is 0 Å². The van der Waals surface area contributed by atoms with Gasteiger partial charge in [-0.1, -0.05) is 20.8 Å². The minimum Gasteiger partial charge on any atom is -0.479 e. The van der Waals surface area contributed by atoms with E-state index in [0.29, 0.717) is 0 Å². The smallest absolute Gasteiger partial charge is 0.408 e. The lowest BCUT2D eigenvalue weighted by atomic mass is 10.1. The van der Waals surface area contributed by atoms with Gasteiger partial charge in [-0.05, 0) is 27.7 Å². The van der Waals surface area contributed by atoms with E-state index in [2.05, 4.69) is 5.32 Å². The van der Waals surface area contributed by atoms with E-state index in [9.17, 15) is 14.7 Å². The van der Waals surface area contributed by atoms with E-state index in [0.717, 1.165) is 0 Å². The van der Waals surface area contributed by atoms with Crippen molar-refractivity contribution in [1.29, 1.82) is 0 Å². The molecule has 0 rings (SSSR count). The summed E-state index contributed by atoms with van der Waals surface area (Å²) in [5.74, 6) is -0.805. The number of ether oxygens (including phenoxy) is 1. The average molecular weight is 291 g/mol. The Kier molecular flexibility index (Phi) is 5.74. The van der Waals surface area contributed by atoms with Crippen LogP contribution in [0.15, 0.2) is 0 Å². The van der Waals surface area contributed by atoms with Crippen LogP contribution in [0, 0.1) is 0 Å². The summed E-state index contributed by atoms with van der Waals surface area (Å²) in [7, 11) is 0. The lowest BCUT2D eigenvalue weighted by Gasteiger charge is -2.30. The van der Waals surface area contributed by atoms with Crippen molar-refractivity contribution in [2.45, 2.75) is 64.4 Å². The van der Waals surface area contributed by atoms with Crippen LogP contribution in [0.3, 0.4) is 0 Å². The molecule has 1 amide bonds. The van der Waals surface area contributed by atoms with Crippen LogP contribution in [0.4, 0.5) is 4.79 Å². The first kappa shape index (κ1) is 18.1. The molecule has 19 heavy (non-hydrogen) atoms. The number of thioether (sulfide) groups is 1. The predicted molar refractivity (Wildman–Crippen MR) is 77.6 cm³/mol. The highest BCUT2D eigenvalue weighted by atomic mass is 32.2. The van der Waals surface area contributed by atoms with Crippen molar-refractivity contribution in [1.82, 2.24) is 5.32 Å². The van der Waals surface area contributed by atoms with Crippen LogP contribution >= 0.6 is 11.8 Å². The summed E-state index contributed by atoms with van der Waals surface area (Å²) < 4.78 is 5.02. The van der Waals surface area contributed by atoms with E-state index in [1.807, 2.05) is 20.8 Å². The van der Waals surface area contributed by atoms with E-state index >= 15 is 0 Å². The summed E-state index contributed by atoms with van der Waals surface area (Å²) in [5, 5.41) is 11.7. The number of alkyl carbamates (subject to hydrolysis) is 1. The quantitative estimate of drug-likeness (QED) is 0.833. The fourth-order valence-electron chi connectivity index (χ4n) is 1.04. The van der Waals surface area contributed by atoms with E-state index in [1.54, 1.807) is 20.8 Å². The highest BCUT2D eigenvalue weighted by Crippen LogP contribution is 2.27. The second kappa shape index (κ2) is 6.03. The van der Waals surface area contributed by atoms with E-state index in [-0.39, 0.29) is 10.5 Å². The van der Waals surface area contributed by atoms with Crippen molar-refractivity contribution < 1.29 is 19.4 Å². The van der Waals surface area contributed by atoms with Crippen LogP contribution in [0.1, 0.15) is 48.5 Å². The highest BCUT2D eigenvalue weighted by Gasteiger charge is 2.37. The summed E-state index contributed by atoms with van der Waals surface area (Å²) in [6.07, 6.45) is -0.716. The molecule has 0 aliphatic carbocycles. The van der Waals surface area contributed by atoms with Gasteiger partial charge in [0, 0.05) is 10.5 Å². The van der Waals surface area contributed by atoms with Gasteiger partial charge in [-0.2, -0.15) is 11.8 Å². The SMILES string of the molecule is CC(C)(C)OC(=O)N[C@@](C)(CSC(C)(C)C)C(=O)O. The van der Waals surface area contributed by atoms with Gasteiger partial charge in [-0.25, -0.2) is 9.59 Å². The van der Waals surface area contributed by atoms with E-state index in [4.69, 9.17) is 4.74 Å². The summed E-state index contributed by atoms with van der Waals surface area (Å²) >= 11 is 1.48. The zero-order valence-electron chi connectivity index (χ0n) is 12.8. The van der Waals surface area contributed by atoms with E-state index < -0.39 is 23.2 Å². The van der Waals surface area contributed by atoms with Crippen LogP contribution in [-0.4, -0.2) is 38.8 Å². The molecule has 0 heterocycles. The van der Waals surface area contributed by atoms with Gasteiger partial charge in [0.1, 0.15) is 11.1 Å². The van der Waals surface area contributed by atoms with Crippen molar-refractivity contribution in [3.8, 4) is 0 Å². The van der Waals surface area contributed by atoms with Gasteiger partial charge in [0.15, 0.2) is 0 Å². The van der Waals surface area contributed by atoms with Crippen LogP contribution in [0.25, 0.3) is 0 Å². The number of carboxylic acids is 1. The van der Waals surface area contributed by atoms with Crippen molar-refractivity contribution in [3.63, 3.8) is 0 Å². The zero-order chi connectivity index (χ0) is 15.5. The predicted octanol–water partition coefficient (Wildman–Crippen LogP) is 2.89. The minimum absolute atomic E-state index is 0.0771. The molecule has 0 spiro atoms. The first-order valence-electron chi connectivity index (χ1n) is 6.14. The number of nitrogens with one attached hydrogen (secondary N) is 1. The first-order valence-corrected chi connectivity index (χ1v) is 7.12. The molecule has 0 unspecified atom stereocenters. The lowest BCUT2D eigenvalue weighted by Crippen LogP contribution is -2.55. The zero-order valence-corrected chi connectivity index (χ0v) is 13.6. The number of carbonyl (C=O) groups excluding carboxylic acids is 1. The molecule has 0 aromatic rings. The normalized spacial score (nSPS) is 15.5. The Balaban J connectivity index is 4.73. The van der Waals surface area contributed by atoms with Crippen molar-refractivity contribution in [2.75, 3.05) is 5.75 Å². The molecule has 2 N–H and O–H groups in total. The molecule has 0 saturated carbocycles. The maximum absolute atomic E-state index is 11.7. The van der Waals surface area contributed by atoms with Gasteiger partial charge in [0.2, 0.25) is 0 Å². The lowest BCUT2D eigenvalue weighted by molar-refractivity contribution is -0.143. The number of amides is 1. The van der Waals surface area contributed by atoms with Gasteiger partial charge in [0.05, 0.1) is 0 Å². The average Bonchev–Trinajstić information content (AvgIpc) is 2.10. The second-order valence-corrected chi connectivity index (χ2v) is 8.47. The molecular weight excluding hydrogens is 266 g/mol. The third kappa shape index (κ3) is 7.97. The Hall–Kier alpha value is -0.910. The molecule has 5 nitrogen and oxygen atoms in total. The number of carbonyl (C=O) groups is 2. The topological polar surface area (TPSA) is 75.6 Å². The van der Waals surface area contributed by atoms with Crippen LogP contribution in [-0.2, 0) is 9.53 Å². The van der Waals surface area contributed by atoms with Gasteiger partial charge < -0.3 is 15.2 Å². The standard InChI is InChI=1S/C13H25NO4S/c1-11(2,3)18-10(17)14-13(7,9(15)16)8-19-12(4,5)6/h8H2,1-7H3,(H,14,17)(H,15,16)/t13-/m0/s1. The number of aliphatic carboxylic acids is 1. The summed E-state index contributed by atoms with van der Waals surface area (Å²) in [6, 6.07) is 0. The first-order chi connectivity index (χ1) is 8.25. The Morgan fingerprint density at radius 3 is 1.89 bits per heavy atom. The molecule has 112 valence electrons. The number of hydrogen-bond acceptors (Lipinski definition) is 4. The molecular formula is C13H25NO4S. The summed E-state index contributed by atoms with van der Waals surface area (Å²) in [5.41, 5.74) is -2.00. The van der Waals surface area contributed by atoms with Gasteiger partial charge in [-0.15, -0.1) is 0 Å². The van der Waals surface area contributed by atoms with Gasteiger partial charge in [0.25, 0.3) is 0 Å². The third-order valence-corrected chi connectivity index (χ3v) is 3.63. The number of hydrogen-bond donors (Lipinski definition) is 2. The van der Waals surface area contributed by atoms with Crippen LogP contribution in [0.5, 0.6) is 0 Å². The fraction of sp³-hybridized carbons (Fsp3) is 0.846. The fourth-order valence-corrected chi connectivity index (χ4v) is 1.96. The molecule has 0 aliphatic rings. The molecule has 0 fully saturated rings. The molecule has 0 saturated heterocycles. The van der Waals surface area contributed by atoms with Crippen LogP contribution in [0.2, 0.25) is 0 Å². The maximum atomic E-state index is 11.7. The third-order valence-electron chi connectivity index (χ3n) is 2.04. The Bertz CT molecular complexity index is 344. The summed E-state index contributed by atoms with van der Waals surface area (Å²) in [4.78, 5) is 23.1. The Morgan fingerprint density at radius 2 is 1.58 bits per heavy atom. The number of carboxylic acid groups (broad SMARTS) is 1. The molecule has 0 aliphatic heterocycles. The van der Waals surface area contributed by atoms with Crippen molar-refractivity contribution in [3.05, 3.63) is 0 Å². The monoisotopic (exact) mass is 291 g/mol.